The number of nitrogens with zero attached hydrogens (tertiary/aromatic N) is 1. The van der Waals surface area contributed by atoms with Gasteiger partial charge in [-0.2, -0.15) is 0 Å². The van der Waals surface area contributed by atoms with Crippen molar-refractivity contribution in [3.63, 3.8) is 0 Å². The van der Waals surface area contributed by atoms with Gasteiger partial charge in [-0.05, 0) is 68.4 Å². The van der Waals surface area contributed by atoms with Crippen LogP contribution in [-0.4, -0.2) is 82.3 Å². The van der Waals surface area contributed by atoms with E-state index in [-0.39, 0.29) is 26.1 Å². The lowest BCUT2D eigenvalue weighted by molar-refractivity contribution is -0.127. The van der Waals surface area contributed by atoms with Gasteiger partial charge in [0.2, 0.25) is 11.6 Å². The van der Waals surface area contributed by atoms with E-state index in [1.807, 2.05) is 87.5 Å². The van der Waals surface area contributed by atoms with Crippen molar-refractivity contribution in [3.05, 3.63) is 102 Å². The lowest BCUT2D eigenvalue weighted by Crippen LogP contribution is -2.58. The first kappa shape index (κ1) is 40.8. The van der Waals surface area contributed by atoms with Crippen molar-refractivity contribution in [1.82, 2.24) is 26.3 Å². The molecule has 0 unspecified atom stereocenters. The van der Waals surface area contributed by atoms with Crippen molar-refractivity contribution in [3.8, 4) is 0 Å². The summed E-state index contributed by atoms with van der Waals surface area (Å²) in [5.41, 5.74) is 0.765. The second-order valence-electron chi connectivity index (χ2n) is 15.2. The highest BCUT2D eigenvalue weighted by atomic mass is 16.6. The Morgan fingerprint density at radius 1 is 0.755 bits per heavy atom. The van der Waals surface area contributed by atoms with Crippen LogP contribution >= 0.6 is 0 Å². The third-order valence-corrected chi connectivity index (χ3v) is 8.34. The quantitative estimate of drug-likeness (QED) is 0.0949. The maximum absolute atomic E-state index is 13.8. The molecule has 0 aliphatic heterocycles. The van der Waals surface area contributed by atoms with Gasteiger partial charge in [-0.3, -0.25) is 4.79 Å². The standard InChI is InChI=1S/C40H53N5O8/c1-39(2,3)34(45-37(49)51-25-29-22-28-18-13-19-42-36(28)52-29)35(48)43-30(20-26-14-9-7-10-15-26)32(46)23-41-24-33(47)31(21-27-16-11-8-12-17-27)44-38(50)53-40(4,5)6/h7-19,22,30-34,41,46-47H,20-21,23-25H2,1-6H3,(H,43,48)(H,44,50)(H,45,49)/t30-,31-,32+,33+,34+/m0/s1. The third-order valence-electron chi connectivity index (χ3n) is 8.34. The van der Waals surface area contributed by atoms with E-state index in [9.17, 15) is 24.6 Å². The molecule has 6 N–H and O–H groups in total. The molecule has 4 aromatic rings. The zero-order valence-electron chi connectivity index (χ0n) is 31.3. The van der Waals surface area contributed by atoms with Crippen LogP contribution in [0, 0.1) is 5.41 Å². The van der Waals surface area contributed by atoms with E-state index in [1.165, 1.54) is 0 Å². The van der Waals surface area contributed by atoms with Crippen LogP contribution in [-0.2, 0) is 33.7 Å². The Bertz CT molecular complexity index is 1720. The number of carbonyl (C=O) groups is 3. The largest absolute Gasteiger partial charge is 0.444 e. The fraction of sp³-hybridized carbons (Fsp3) is 0.450. The number of alkyl carbamates (subject to hydrolysis) is 2. The lowest BCUT2D eigenvalue weighted by atomic mass is 9.85. The number of amides is 3. The molecule has 0 spiro atoms. The summed E-state index contributed by atoms with van der Waals surface area (Å²) in [5, 5.41) is 34.9. The number of nitrogens with one attached hydrogen (secondary N) is 4. The molecule has 286 valence electrons. The van der Waals surface area contributed by atoms with Crippen LogP contribution in [0.2, 0.25) is 0 Å². The van der Waals surface area contributed by atoms with Gasteiger partial charge in [0.1, 0.15) is 17.4 Å². The molecular weight excluding hydrogens is 678 g/mol. The van der Waals surface area contributed by atoms with Crippen LogP contribution in [0.3, 0.4) is 0 Å². The SMILES string of the molecule is CC(C)(C)OC(=O)N[C@@H](Cc1ccccc1)[C@H](O)CNC[C@@H](O)[C@H](Cc1ccccc1)NC(=O)[C@@H](NC(=O)OCc1cc2cccnc2o1)C(C)(C)C. The number of fused-ring (bicyclic) bond motifs is 1. The Balaban J connectivity index is 1.40. The zero-order valence-corrected chi connectivity index (χ0v) is 31.3. The molecule has 5 atom stereocenters. The first-order chi connectivity index (χ1) is 25.1. The summed E-state index contributed by atoms with van der Waals surface area (Å²) < 4.78 is 16.5. The number of furan rings is 1. The van der Waals surface area contributed by atoms with E-state index in [2.05, 4.69) is 26.3 Å². The summed E-state index contributed by atoms with van der Waals surface area (Å²) in [7, 11) is 0. The Morgan fingerprint density at radius 3 is 1.85 bits per heavy atom. The molecule has 3 amide bonds. The highest BCUT2D eigenvalue weighted by molar-refractivity contribution is 5.86. The smallest absolute Gasteiger partial charge is 0.408 e. The van der Waals surface area contributed by atoms with Gasteiger partial charge >= 0.3 is 12.2 Å². The van der Waals surface area contributed by atoms with E-state index >= 15 is 0 Å². The highest BCUT2D eigenvalue weighted by Gasteiger charge is 2.36. The predicted octanol–water partition coefficient (Wildman–Crippen LogP) is 4.64. The number of benzene rings is 2. The summed E-state index contributed by atoms with van der Waals surface area (Å²) in [6.07, 6.45) is -1.38. The van der Waals surface area contributed by atoms with Gasteiger partial charge in [-0.1, -0.05) is 81.4 Å². The summed E-state index contributed by atoms with van der Waals surface area (Å²) in [6.45, 7) is 10.6. The average molecular weight is 732 g/mol. The normalized spacial score (nSPS) is 14.7. The molecule has 0 bridgehead atoms. The van der Waals surface area contributed by atoms with Crippen LogP contribution in [0.1, 0.15) is 58.4 Å². The number of aliphatic hydroxyl groups is 2. The van der Waals surface area contributed by atoms with Gasteiger partial charge in [0, 0.05) is 24.7 Å². The number of aliphatic hydroxyl groups excluding tert-OH is 2. The van der Waals surface area contributed by atoms with Crippen molar-refractivity contribution >= 4 is 29.2 Å². The molecule has 0 saturated carbocycles. The fourth-order valence-electron chi connectivity index (χ4n) is 5.66. The number of hydrogen-bond donors (Lipinski definition) is 6. The number of aromatic nitrogens is 1. The van der Waals surface area contributed by atoms with Gasteiger partial charge in [0.15, 0.2) is 6.61 Å². The van der Waals surface area contributed by atoms with Gasteiger partial charge in [0.05, 0.1) is 24.3 Å². The highest BCUT2D eigenvalue weighted by Crippen LogP contribution is 2.21. The van der Waals surface area contributed by atoms with E-state index in [1.54, 1.807) is 39.1 Å². The summed E-state index contributed by atoms with van der Waals surface area (Å²) in [5.74, 6) is -0.104. The predicted molar refractivity (Wildman–Crippen MR) is 201 cm³/mol. The topological polar surface area (TPSA) is 184 Å². The zero-order chi connectivity index (χ0) is 38.6. The molecular formula is C40H53N5O8. The average Bonchev–Trinajstić information content (AvgIpc) is 3.52. The Morgan fingerprint density at radius 2 is 1.32 bits per heavy atom. The van der Waals surface area contributed by atoms with Gasteiger partial charge in [0.25, 0.3) is 0 Å². The van der Waals surface area contributed by atoms with Crippen molar-refractivity contribution in [2.24, 2.45) is 5.41 Å². The number of hydrogen-bond acceptors (Lipinski definition) is 10. The van der Waals surface area contributed by atoms with Crippen molar-refractivity contribution in [1.29, 1.82) is 0 Å². The maximum Gasteiger partial charge on any atom is 0.408 e. The van der Waals surface area contributed by atoms with Crippen LogP contribution in [0.25, 0.3) is 11.1 Å². The molecule has 0 saturated heterocycles. The molecule has 0 aliphatic carbocycles. The van der Waals surface area contributed by atoms with E-state index < -0.39 is 59.4 Å². The summed E-state index contributed by atoms with van der Waals surface area (Å²) in [4.78, 5) is 43.6. The van der Waals surface area contributed by atoms with E-state index in [4.69, 9.17) is 13.9 Å². The Kier molecular flexibility index (Phi) is 14.4. The number of rotatable bonds is 16. The van der Waals surface area contributed by atoms with Crippen LogP contribution < -0.4 is 21.3 Å². The molecule has 13 nitrogen and oxygen atoms in total. The molecule has 53 heavy (non-hydrogen) atoms. The molecule has 2 aromatic heterocycles. The summed E-state index contributed by atoms with van der Waals surface area (Å²) in [6, 6.07) is 21.7. The van der Waals surface area contributed by atoms with Gasteiger partial charge in [-0.25, -0.2) is 14.6 Å². The number of ether oxygens (including phenoxy) is 2. The third kappa shape index (κ3) is 13.5. The second kappa shape index (κ2) is 18.7. The molecule has 4 rings (SSSR count). The molecule has 0 fully saturated rings. The molecule has 0 radical (unpaired) electrons. The Hall–Kier alpha value is -4.98. The lowest BCUT2D eigenvalue weighted by Gasteiger charge is -2.33. The summed E-state index contributed by atoms with van der Waals surface area (Å²) >= 11 is 0. The van der Waals surface area contributed by atoms with Crippen molar-refractivity contribution in [2.75, 3.05) is 13.1 Å². The maximum atomic E-state index is 13.8. The van der Waals surface area contributed by atoms with Crippen LogP contribution in [0.5, 0.6) is 0 Å². The van der Waals surface area contributed by atoms with Gasteiger partial charge in [-0.15, -0.1) is 0 Å². The van der Waals surface area contributed by atoms with E-state index in [0.29, 0.717) is 17.9 Å². The van der Waals surface area contributed by atoms with Crippen LogP contribution in [0.15, 0.2) is 89.5 Å². The minimum Gasteiger partial charge on any atom is -0.444 e. The monoisotopic (exact) mass is 731 g/mol. The first-order valence-corrected chi connectivity index (χ1v) is 17.8. The van der Waals surface area contributed by atoms with Crippen molar-refractivity contribution in [2.45, 2.75) is 96.9 Å². The molecule has 0 aliphatic rings. The van der Waals surface area contributed by atoms with Crippen molar-refractivity contribution < 1.29 is 38.5 Å². The second-order valence-corrected chi connectivity index (χ2v) is 15.2. The van der Waals surface area contributed by atoms with E-state index in [0.717, 1.165) is 16.5 Å². The molecule has 2 heterocycles. The molecule has 13 heteroatoms. The van der Waals surface area contributed by atoms with Gasteiger partial charge < -0.3 is 45.4 Å². The molecule has 2 aromatic carbocycles. The minimum absolute atomic E-state index is 0.00134. The number of pyridine rings is 1. The number of carbonyl (C=O) groups excluding carboxylic acids is 3. The minimum atomic E-state index is -1.10. The van der Waals surface area contributed by atoms with Crippen LogP contribution in [0.4, 0.5) is 9.59 Å². The first-order valence-electron chi connectivity index (χ1n) is 17.8. The fourth-order valence-corrected chi connectivity index (χ4v) is 5.66. The Labute approximate surface area is 310 Å².